The number of esters is 1. The van der Waals surface area contributed by atoms with Crippen LogP contribution in [0, 0.1) is 5.92 Å². The fourth-order valence-corrected chi connectivity index (χ4v) is 5.70. The van der Waals surface area contributed by atoms with E-state index in [9.17, 15) is 14.4 Å². The van der Waals surface area contributed by atoms with Crippen molar-refractivity contribution in [3.05, 3.63) is 58.6 Å². The van der Waals surface area contributed by atoms with E-state index in [1.54, 1.807) is 42.5 Å². The number of hydrogen-bond donors (Lipinski definition) is 1. The van der Waals surface area contributed by atoms with Crippen LogP contribution in [0.1, 0.15) is 11.5 Å². The third-order valence-corrected chi connectivity index (χ3v) is 7.01. The van der Waals surface area contributed by atoms with Gasteiger partial charge in [-0.2, -0.15) is 0 Å². The zero-order chi connectivity index (χ0) is 21.9. The maximum atomic E-state index is 13.6. The van der Waals surface area contributed by atoms with Crippen molar-refractivity contribution in [1.82, 2.24) is 0 Å². The van der Waals surface area contributed by atoms with E-state index in [0.29, 0.717) is 22.7 Å². The Kier molecular flexibility index (Phi) is 4.44. The molecular weight excluding hydrogens is 420 g/mol. The van der Waals surface area contributed by atoms with Crippen LogP contribution in [0.4, 0.5) is 5.69 Å². The van der Waals surface area contributed by atoms with Gasteiger partial charge in [-0.15, -0.1) is 0 Å². The van der Waals surface area contributed by atoms with Crippen molar-refractivity contribution >= 4 is 35.2 Å². The normalized spacial score (nSPS) is 24.4. The number of hydrogen-bond acceptors (Lipinski definition) is 8. The summed E-state index contributed by atoms with van der Waals surface area (Å²) < 4.78 is 16.2. The van der Waals surface area contributed by atoms with Crippen molar-refractivity contribution in [2.24, 2.45) is 11.7 Å². The smallest absolute Gasteiger partial charge is 0.342 e. The van der Waals surface area contributed by atoms with Crippen LogP contribution in [-0.2, 0) is 14.4 Å². The van der Waals surface area contributed by atoms with E-state index < -0.39 is 34.9 Å². The SMILES string of the molecule is COc1ccccc1N1C(=O)C2SC(N)=C3C(=O)Oc4c(OC)cccc4C3C2C1=O. The van der Waals surface area contributed by atoms with Gasteiger partial charge in [-0.25, -0.2) is 9.69 Å². The first-order chi connectivity index (χ1) is 15.0. The van der Waals surface area contributed by atoms with E-state index in [1.165, 1.54) is 14.2 Å². The van der Waals surface area contributed by atoms with Crippen LogP contribution in [0.15, 0.2) is 53.1 Å². The number of methoxy groups -OCH3 is 2. The van der Waals surface area contributed by atoms with Crippen LogP contribution in [0.2, 0.25) is 0 Å². The molecule has 1 saturated heterocycles. The molecule has 0 radical (unpaired) electrons. The number of imide groups is 1. The van der Waals surface area contributed by atoms with E-state index in [4.69, 9.17) is 19.9 Å². The van der Waals surface area contributed by atoms with Gasteiger partial charge in [0, 0.05) is 11.5 Å². The molecule has 2 aromatic rings. The van der Waals surface area contributed by atoms with E-state index in [1.807, 2.05) is 0 Å². The second kappa shape index (κ2) is 7.05. The molecule has 9 heteroatoms. The first kappa shape index (κ1) is 19.5. The molecule has 0 spiro atoms. The van der Waals surface area contributed by atoms with E-state index in [0.717, 1.165) is 16.7 Å². The van der Waals surface area contributed by atoms with Crippen molar-refractivity contribution in [3.63, 3.8) is 0 Å². The van der Waals surface area contributed by atoms with Gasteiger partial charge in [-0.05, 0) is 18.2 Å². The molecular formula is C22H18N2O6S. The van der Waals surface area contributed by atoms with Crippen LogP contribution in [0.3, 0.4) is 0 Å². The molecule has 3 aliphatic heterocycles. The summed E-state index contributed by atoms with van der Waals surface area (Å²) in [7, 11) is 2.94. The Morgan fingerprint density at radius 1 is 0.968 bits per heavy atom. The largest absolute Gasteiger partial charge is 0.495 e. The molecule has 0 aliphatic carbocycles. The van der Waals surface area contributed by atoms with Gasteiger partial charge in [0.2, 0.25) is 11.8 Å². The van der Waals surface area contributed by atoms with Gasteiger partial charge in [-0.1, -0.05) is 36.0 Å². The second-order valence-electron chi connectivity index (χ2n) is 7.27. The van der Waals surface area contributed by atoms with Gasteiger partial charge in [0.05, 0.1) is 36.4 Å². The lowest BCUT2D eigenvalue weighted by molar-refractivity contribution is -0.132. The third kappa shape index (κ3) is 2.66. The fourth-order valence-electron chi connectivity index (χ4n) is 4.47. The van der Waals surface area contributed by atoms with Crippen molar-refractivity contribution in [3.8, 4) is 17.2 Å². The number of amides is 2. The number of ether oxygens (including phenoxy) is 3. The molecule has 3 aliphatic rings. The highest BCUT2D eigenvalue weighted by Gasteiger charge is 2.59. The number of anilines is 1. The Morgan fingerprint density at radius 3 is 2.42 bits per heavy atom. The minimum absolute atomic E-state index is 0.188. The van der Waals surface area contributed by atoms with Crippen molar-refractivity contribution in [2.75, 3.05) is 19.1 Å². The molecule has 3 atom stereocenters. The predicted octanol–water partition coefficient (Wildman–Crippen LogP) is 2.18. The molecule has 0 aromatic heterocycles. The Hall–Kier alpha value is -3.46. The number of fused-ring (bicyclic) bond motifs is 5. The summed E-state index contributed by atoms with van der Waals surface area (Å²) in [5, 5.41) is -0.580. The third-order valence-electron chi connectivity index (χ3n) is 5.79. The summed E-state index contributed by atoms with van der Waals surface area (Å²) in [5.74, 6) is -1.95. The number of benzene rings is 2. The summed E-state index contributed by atoms with van der Waals surface area (Å²) >= 11 is 1.03. The summed E-state index contributed by atoms with van der Waals surface area (Å²) in [6.07, 6.45) is 0. The van der Waals surface area contributed by atoms with Gasteiger partial charge in [-0.3, -0.25) is 9.59 Å². The monoisotopic (exact) mass is 438 g/mol. The molecule has 2 N–H and O–H groups in total. The second-order valence-corrected chi connectivity index (χ2v) is 8.46. The van der Waals surface area contributed by atoms with Gasteiger partial charge >= 0.3 is 5.97 Å². The number of para-hydroxylation sites is 3. The highest BCUT2D eigenvalue weighted by Crippen LogP contribution is 2.56. The maximum absolute atomic E-state index is 13.6. The first-order valence-electron chi connectivity index (χ1n) is 9.54. The zero-order valence-electron chi connectivity index (χ0n) is 16.7. The van der Waals surface area contributed by atoms with Crippen LogP contribution < -0.4 is 24.8 Å². The molecule has 1 fully saturated rings. The van der Waals surface area contributed by atoms with Crippen molar-refractivity contribution in [2.45, 2.75) is 11.2 Å². The number of nitrogens with zero attached hydrogens (tertiary/aromatic N) is 1. The average molecular weight is 438 g/mol. The molecule has 158 valence electrons. The zero-order valence-corrected chi connectivity index (χ0v) is 17.5. The predicted molar refractivity (Wildman–Crippen MR) is 113 cm³/mol. The fraction of sp³-hybridized carbons (Fsp3) is 0.227. The average Bonchev–Trinajstić information content (AvgIpc) is 3.02. The molecule has 8 nitrogen and oxygen atoms in total. The molecule has 31 heavy (non-hydrogen) atoms. The molecule has 3 heterocycles. The lowest BCUT2D eigenvalue weighted by atomic mass is 9.77. The van der Waals surface area contributed by atoms with Gasteiger partial charge in [0.1, 0.15) is 11.0 Å². The molecule has 3 unspecified atom stereocenters. The van der Waals surface area contributed by atoms with E-state index in [-0.39, 0.29) is 16.4 Å². The van der Waals surface area contributed by atoms with Crippen LogP contribution in [0.5, 0.6) is 17.2 Å². The number of rotatable bonds is 3. The summed E-state index contributed by atoms with van der Waals surface area (Å²) in [4.78, 5) is 41.0. The molecule has 2 aromatic carbocycles. The standard InChI is InChI=1S/C22H18N2O6S/c1-28-12-8-4-3-7-11(12)24-20(25)15-14-10-6-5-9-13(29-2)17(10)30-22(27)16(14)19(23)31-18(15)21(24)26/h3-9,14-15,18H,23H2,1-2H3. The Bertz CT molecular complexity index is 1180. The summed E-state index contributed by atoms with van der Waals surface area (Å²) in [6, 6.07) is 12.0. The van der Waals surface area contributed by atoms with Crippen LogP contribution in [0.25, 0.3) is 0 Å². The summed E-state index contributed by atoms with van der Waals surface area (Å²) in [5.41, 5.74) is 7.37. The van der Waals surface area contributed by atoms with E-state index >= 15 is 0 Å². The van der Waals surface area contributed by atoms with Crippen LogP contribution in [-0.4, -0.2) is 37.3 Å². The van der Waals surface area contributed by atoms with Crippen molar-refractivity contribution in [1.29, 1.82) is 0 Å². The molecule has 5 rings (SSSR count). The molecule has 2 amide bonds. The minimum Gasteiger partial charge on any atom is -0.495 e. The summed E-state index contributed by atoms with van der Waals surface area (Å²) in [6.45, 7) is 0. The number of thioether (sulfide) groups is 1. The molecule has 0 saturated carbocycles. The van der Waals surface area contributed by atoms with Crippen molar-refractivity contribution < 1.29 is 28.6 Å². The topological polar surface area (TPSA) is 108 Å². The quantitative estimate of drug-likeness (QED) is 0.441. The maximum Gasteiger partial charge on any atom is 0.342 e. The number of nitrogens with two attached hydrogens (primary N) is 1. The number of carbonyl (C=O) groups is 3. The first-order valence-corrected chi connectivity index (χ1v) is 10.4. The lowest BCUT2D eigenvalue weighted by Gasteiger charge is -2.36. The van der Waals surface area contributed by atoms with Gasteiger partial charge in [0.15, 0.2) is 11.5 Å². The lowest BCUT2D eigenvalue weighted by Crippen LogP contribution is -2.39. The van der Waals surface area contributed by atoms with Gasteiger partial charge in [0.25, 0.3) is 0 Å². The Morgan fingerprint density at radius 2 is 1.68 bits per heavy atom. The molecule has 0 bridgehead atoms. The van der Waals surface area contributed by atoms with E-state index in [2.05, 4.69) is 0 Å². The van der Waals surface area contributed by atoms with Crippen LogP contribution >= 0.6 is 11.8 Å². The Labute approximate surface area is 181 Å². The Balaban J connectivity index is 1.68. The highest BCUT2D eigenvalue weighted by atomic mass is 32.2. The number of carbonyl (C=O) groups excluding carboxylic acids is 3. The minimum atomic E-state index is -0.816. The van der Waals surface area contributed by atoms with Gasteiger partial charge < -0.3 is 19.9 Å². The highest BCUT2D eigenvalue weighted by molar-refractivity contribution is 8.04.